The lowest BCUT2D eigenvalue weighted by atomic mass is 9.99. The molecule has 1 saturated heterocycles. The van der Waals surface area contributed by atoms with Crippen molar-refractivity contribution in [2.45, 2.75) is 71.3 Å². The summed E-state index contributed by atoms with van der Waals surface area (Å²) in [6.07, 6.45) is 12.8. The first-order chi connectivity index (χ1) is 13.7. The lowest BCUT2D eigenvalue weighted by Gasteiger charge is -2.34. The number of carbonyl (C=O) groups is 1. The van der Waals surface area contributed by atoms with Gasteiger partial charge in [-0.2, -0.15) is 0 Å². The zero-order valence-corrected chi connectivity index (χ0v) is 18.1. The van der Waals surface area contributed by atoms with Gasteiger partial charge in [-0.3, -0.25) is 4.79 Å². The van der Waals surface area contributed by atoms with Crippen LogP contribution in [-0.4, -0.2) is 23.4 Å². The summed E-state index contributed by atoms with van der Waals surface area (Å²) in [4.78, 5) is 17.5. The predicted octanol–water partition coefficient (Wildman–Crippen LogP) is 6.12. The minimum absolute atomic E-state index is 0.285. The van der Waals surface area contributed by atoms with Crippen LogP contribution in [0.4, 0.5) is 0 Å². The maximum Gasteiger partial charge on any atom is 0.223 e. The van der Waals surface area contributed by atoms with Crippen LogP contribution >= 0.6 is 11.3 Å². The number of amides is 1. The van der Waals surface area contributed by atoms with E-state index in [1.807, 2.05) is 11.3 Å². The molecule has 150 valence electrons. The Bertz CT molecular complexity index is 791. The van der Waals surface area contributed by atoms with Crippen molar-refractivity contribution in [1.29, 1.82) is 0 Å². The van der Waals surface area contributed by atoms with E-state index in [1.54, 1.807) is 0 Å². The molecule has 0 N–H and O–H groups in total. The molecular weight excluding hydrogens is 362 g/mol. The van der Waals surface area contributed by atoms with E-state index >= 15 is 0 Å². The number of nitrogens with zero attached hydrogens (tertiary/aromatic N) is 1. The fourth-order valence-corrected chi connectivity index (χ4v) is 4.98. The van der Waals surface area contributed by atoms with Crippen LogP contribution in [0.25, 0.3) is 0 Å². The van der Waals surface area contributed by atoms with Crippen LogP contribution in [0.1, 0.15) is 59.9 Å². The fourth-order valence-electron chi connectivity index (χ4n) is 3.98. The summed E-state index contributed by atoms with van der Waals surface area (Å²) < 4.78 is 0. The van der Waals surface area contributed by atoms with E-state index in [4.69, 9.17) is 0 Å². The second-order valence-electron chi connectivity index (χ2n) is 7.83. The Kier molecular flexibility index (Phi) is 7.90. The van der Waals surface area contributed by atoms with Crippen molar-refractivity contribution in [1.82, 2.24) is 4.90 Å². The van der Waals surface area contributed by atoms with Crippen LogP contribution in [-0.2, 0) is 24.1 Å². The molecule has 1 aliphatic rings. The summed E-state index contributed by atoms with van der Waals surface area (Å²) in [5, 5.41) is 0. The SMILES string of the molecule is CCc1ccc(CCCN2C(=O)CCCC2/C=C/CCc2cccc(C)c2)s1. The second kappa shape index (κ2) is 10.6. The smallest absolute Gasteiger partial charge is 0.223 e. The van der Waals surface area contributed by atoms with Crippen LogP contribution < -0.4 is 0 Å². The van der Waals surface area contributed by atoms with Crippen LogP contribution in [0.5, 0.6) is 0 Å². The Morgan fingerprint density at radius 3 is 2.82 bits per heavy atom. The summed E-state index contributed by atoms with van der Waals surface area (Å²) in [6, 6.07) is 13.5. The van der Waals surface area contributed by atoms with Crippen LogP contribution in [0.3, 0.4) is 0 Å². The Hall–Kier alpha value is -1.87. The number of rotatable bonds is 9. The third-order valence-corrected chi connectivity index (χ3v) is 6.83. The van der Waals surface area contributed by atoms with E-state index in [0.29, 0.717) is 12.3 Å². The van der Waals surface area contributed by atoms with Gasteiger partial charge in [0, 0.05) is 28.8 Å². The molecule has 3 rings (SSSR count). The molecular formula is C25H33NOS. The van der Waals surface area contributed by atoms with Gasteiger partial charge in [0.2, 0.25) is 5.91 Å². The first kappa shape index (κ1) is 20.9. The highest BCUT2D eigenvalue weighted by Gasteiger charge is 2.25. The van der Waals surface area contributed by atoms with Crippen molar-refractivity contribution in [2.24, 2.45) is 0 Å². The number of hydrogen-bond acceptors (Lipinski definition) is 2. The molecule has 0 spiro atoms. The van der Waals surface area contributed by atoms with Crippen molar-refractivity contribution < 1.29 is 4.79 Å². The highest BCUT2D eigenvalue weighted by Crippen LogP contribution is 2.22. The van der Waals surface area contributed by atoms with E-state index in [-0.39, 0.29) is 6.04 Å². The highest BCUT2D eigenvalue weighted by atomic mass is 32.1. The standard InChI is InChI=1S/C25H33NOS/c1-3-23-16-17-24(28-23)14-8-18-26-22(13-7-15-25(26)27)12-5-4-10-21-11-6-9-20(2)19-21/h5-6,9,11-12,16-17,19,22H,3-4,7-8,10,13-15,18H2,1-2H3/b12-5+. The van der Waals surface area contributed by atoms with Crippen LogP contribution in [0.2, 0.25) is 0 Å². The first-order valence-electron chi connectivity index (χ1n) is 10.7. The minimum atomic E-state index is 0.285. The number of hydrogen-bond donors (Lipinski definition) is 0. The third-order valence-electron chi connectivity index (χ3n) is 5.54. The molecule has 0 bridgehead atoms. The Balaban J connectivity index is 1.49. The number of allylic oxidation sites excluding steroid dienone is 1. The van der Waals surface area contributed by atoms with Gasteiger partial charge in [0.15, 0.2) is 0 Å². The van der Waals surface area contributed by atoms with Crippen LogP contribution in [0.15, 0.2) is 48.6 Å². The number of aryl methyl sites for hydroxylation is 4. The number of piperidine rings is 1. The van der Waals surface area contributed by atoms with E-state index in [9.17, 15) is 4.79 Å². The fraction of sp³-hybridized carbons (Fsp3) is 0.480. The second-order valence-corrected chi connectivity index (χ2v) is 9.08. The minimum Gasteiger partial charge on any atom is -0.336 e. The van der Waals surface area contributed by atoms with Crippen molar-refractivity contribution in [2.75, 3.05) is 6.54 Å². The zero-order valence-electron chi connectivity index (χ0n) is 17.3. The van der Waals surface area contributed by atoms with Gasteiger partial charge in [0.05, 0.1) is 0 Å². The van der Waals surface area contributed by atoms with Crippen LogP contribution in [0, 0.1) is 6.92 Å². The third kappa shape index (κ3) is 6.07. The van der Waals surface area contributed by atoms with E-state index < -0.39 is 0 Å². The largest absolute Gasteiger partial charge is 0.336 e. The molecule has 1 aromatic carbocycles. The number of thiophene rings is 1. The molecule has 1 amide bonds. The maximum atomic E-state index is 12.5. The monoisotopic (exact) mass is 395 g/mol. The Morgan fingerprint density at radius 2 is 2.04 bits per heavy atom. The molecule has 0 saturated carbocycles. The van der Waals surface area contributed by atoms with Crippen molar-refractivity contribution in [3.05, 3.63) is 69.4 Å². The highest BCUT2D eigenvalue weighted by molar-refractivity contribution is 7.11. The molecule has 3 heteroatoms. The van der Waals surface area contributed by atoms with Gasteiger partial charge in [0.25, 0.3) is 0 Å². The zero-order chi connectivity index (χ0) is 19.8. The lowest BCUT2D eigenvalue weighted by molar-refractivity contribution is -0.135. The molecule has 2 aromatic rings. The topological polar surface area (TPSA) is 20.3 Å². The van der Waals surface area contributed by atoms with E-state index in [1.165, 1.54) is 20.9 Å². The van der Waals surface area contributed by atoms with Gasteiger partial charge < -0.3 is 4.90 Å². The van der Waals surface area contributed by atoms with Gasteiger partial charge in [-0.05, 0) is 69.6 Å². The molecule has 2 heterocycles. The van der Waals surface area contributed by atoms with Crippen molar-refractivity contribution >= 4 is 17.2 Å². The molecule has 2 nitrogen and oxygen atoms in total. The Labute approximate surface area is 174 Å². The molecule has 0 aliphatic carbocycles. The van der Waals surface area contributed by atoms with Gasteiger partial charge in [-0.25, -0.2) is 0 Å². The quantitative estimate of drug-likeness (QED) is 0.468. The molecule has 1 unspecified atom stereocenters. The van der Waals surface area contributed by atoms with Gasteiger partial charge in [-0.15, -0.1) is 11.3 Å². The average molecular weight is 396 g/mol. The van der Waals surface area contributed by atoms with Crippen molar-refractivity contribution in [3.8, 4) is 0 Å². The molecule has 1 aliphatic heterocycles. The average Bonchev–Trinajstić information content (AvgIpc) is 3.15. The normalized spacial score (nSPS) is 17.6. The summed E-state index contributed by atoms with van der Waals surface area (Å²) in [7, 11) is 0. The molecule has 1 fully saturated rings. The first-order valence-corrected chi connectivity index (χ1v) is 11.6. The molecule has 0 radical (unpaired) electrons. The number of carbonyl (C=O) groups excluding carboxylic acids is 1. The molecule has 1 atom stereocenters. The lowest BCUT2D eigenvalue weighted by Crippen LogP contribution is -2.43. The van der Waals surface area contributed by atoms with E-state index in [2.05, 4.69) is 67.3 Å². The Morgan fingerprint density at radius 1 is 1.18 bits per heavy atom. The molecule has 28 heavy (non-hydrogen) atoms. The number of likely N-dealkylation sites (tertiary alicyclic amines) is 1. The van der Waals surface area contributed by atoms with Gasteiger partial charge >= 0.3 is 0 Å². The molecule has 1 aromatic heterocycles. The maximum absolute atomic E-state index is 12.5. The van der Waals surface area contributed by atoms with E-state index in [0.717, 1.165) is 51.5 Å². The summed E-state index contributed by atoms with van der Waals surface area (Å²) in [5.41, 5.74) is 2.71. The summed E-state index contributed by atoms with van der Waals surface area (Å²) >= 11 is 1.92. The predicted molar refractivity (Wildman–Crippen MR) is 120 cm³/mol. The summed E-state index contributed by atoms with van der Waals surface area (Å²) in [5.74, 6) is 0.333. The van der Waals surface area contributed by atoms with Gasteiger partial charge in [-0.1, -0.05) is 48.9 Å². The van der Waals surface area contributed by atoms with Gasteiger partial charge in [0.1, 0.15) is 0 Å². The number of benzene rings is 1. The van der Waals surface area contributed by atoms with Crippen molar-refractivity contribution in [3.63, 3.8) is 0 Å². The summed E-state index contributed by atoms with van der Waals surface area (Å²) in [6.45, 7) is 5.23.